The number of nitrogens with one attached hydrogen (secondary N) is 1. The number of benzene rings is 3. The van der Waals surface area contributed by atoms with Crippen LogP contribution in [0.1, 0.15) is 29.7 Å². The van der Waals surface area contributed by atoms with Gasteiger partial charge in [0.25, 0.3) is 5.91 Å². The molecule has 3 rings (SSSR count). The molecule has 1 amide bonds. The zero-order valence-electron chi connectivity index (χ0n) is 17.7. The van der Waals surface area contributed by atoms with Crippen molar-refractivity contribution in [2.75, 3.05) is 19.0 Å². The van der Waals surface area contributed by atoms with Gasteiger partial charge in [0.1, 0.15) is 12.6 Å². The molecule has 0 radical (unpaired) electrons. The van der Waals surface area contributed by atoms with E-state index in [1.165, 1.54) is 5.56 Å². The lowest BCUT2D eigenvalue weighted by Crippen LogP contribution is -2.83. The lowest BCUT2D eigenvalue weighted by Gasteiger charge is -2.14. The van der Waals surface area contributed by atoms with E-state index in [4.69, 9.17) is 9.47 Å². The fraction of sp³-hybridized carbons (Fsp3) is 0.240. The molecule has 0 aliphatic rings. The summed E-state index contributed by atoms with van der Waals surface area (Å²) in [7, 11) is 1.61. The van der Waals surface area contributed by atoms with Gasteiger partial charge in [0.15, 0.2) is 18.1 Å². The van der Waals surface area contributed by atoms with E-state index in [9.17, 15) is 4.79 Å². The molecule has 0 aliphatic carbocycles. The minimum atomic E-state index is -0.213. The Bertz CT molecular complexity index is 956. The van der Waals surface area contributed by atoms with Gasteiger partial charge in [-0.3, -0.25) is 4.79 Å². The van der Waals surface area contributed by atoms with Crippen molar-refractivity contribution in [2.45, 2.75) is 26.4 Å². The van der Waals surface area contributed by atoms with E-state index >= 15 is 0 Å². The largest absolute Gasteiger partial charge is 0.493 e. The number of aryl methyl sites for hydroxylation is 1. The van der Waals surface area contributed by atoms with Crippen LogP contribution >= 0.6 is 0 Å². The first-order chi connectivity index (χ1) is 14.5. The fourth-order valence-electron chi connectivity index (χ4n) is 3.14. The van der Waals surface area contributed by atoms with Crippen molar-refractivity contribution in [3.05, 3.63) is 89.5 Å². The maximum atomic E-state index is 12.2. The zero-order chi connectivity index (χ0) is 21.3. The summed E-state index contributed by atoms with van der Waals surface area (Å²) >= 11 is 0. The summed E-state index contributed by atoms with van der Waals surface area (Å²) < 4.78 is 11.2. The molecule has 0 bridgehead atoms. The van der Waals surface area contributed by atoms with Crippen LogP contribution in [0.4, 0.5) is 5.69 Å². The summed E-state index contributed by atoms with van der Waals surface area (Å²) in [6.45, 7) is 4.93. The van der Waals surface area contributed by atoms with Crippen molar-refractivity contribution in [1.82, 2.24) is 0 Å². The quantitative estimate of drug-likeness (QED) is 0.568. The van der Waals surface area contributed by atoms with Gasteiger partial charge in [0.2, 0.25) is 0 Å². The lowest BCUT2D eigenvalue weighted by molar-refractivity contribution is -0.707. The van der Waals surface area contributed by atoms with Gasteiger partial charge in [-0.25, -0.2) is 0 Å². The van der Waals surface area contributed by atoms with Crippen LogP contribution < -0.4 is 20.1 Å². The van der Waals surface area contributed by atoms with Gasteiger partial charge < -0.3 is 20.1 Å². The highest BCUT2D eigenvalue weighted by atomic mass is 16.5. The second kappa shape index (κ2) is 10.5. The molecule has 0 aliphatic heterocycles. The summed E-state index contributed by atoms with van der Waals surface area (Å²) in [6, 6.07) is 24.3. The van der Waals surface area contributed by atoms with Gasteiger partial charge in [0.05, 0.1) is 7.11 Å². The van der Waals surface area contributed by atoms with E-state index < -0.39 is 0 Å². The normalized spacial score (nSPS) is 11.6. The summed E-state index contributed by atoms with van der Waals surface area (Å²) in [5.41, 5.74) is 4.32. The van der Waals surface area contributed by atoms with E-state index in [1.54, 1.807) is 7.11 Å². The molecule has 0 saturated carbocycles. The Hall–Kier alpha value is -3.31. The van der Waals surface area contributed by atoms with Gasteiger partial charge in [0, 0.05) is 16.8 Å². The van der Waals surface area contributed by atoms with Crippen molar-refractivity contribution in [1.29, 1.82) is 0 Å². The average Bonchev–Trinajstić information content (AvgIpc) is 2.78. The minimum Gasteiger partial charge on any atom is -0.493 e. The SMILES string of the molecule is COc1cc(C[NH2+][C@@H](C)c2ccccc2)ccc1OCC(=O)Nc1ccc(C)cc1. The molecule has 0 spiro atoms. The van der Waals surface area contributed by atoms with E-state index in [2.05, 4.69) is 41.8 Å². The van der Waals surface area contributed by atoms with E-state index in [-0.39, 0.29) is 12.5 Å². The first-order valence-electron chi connectivity index (χ1n) is 10.1. The summed E-state index contributed by atoms with van der Waals surface area (Å²) in [4.78, 5) is 12.2. The smallest absolute Gasteiger partial charge is 0.262 e. The lowest BCUT2D eigenvalue weighted by atomic mass is 10.1. The molecule has 30 heavy (non-hydrogen) atoms. The van der Waals surface area contributed by atoms with Crippen molar-refractivity contribution >= 4 is 11.6 Å². The van der Waals surface area contributed by atoms with Crippen LogP contribution in [0.3, 0.4) is 0 Å². The van der Waals surface area contributed by atoms with Crippen LogP contribution in [-0.4, -0.2) is 19.6 Å². The van der Waals surface area contributed by atoms with Crippen molar-refractivity contribution in [3.63, 3.8) is 0 Å². The second-order valence-corrected chi connectivity index (χ2v) is 7.33. The molecule has 156 valence electrons. The molecule has 5 heteroatoms. The molecule has 1 atom stereocenters. The molecule has 3 aromatic rings. The van der Waals surface area contributed by atoms with Crippen LogP contribution in [-0.2, 0) is 11.3 Å². The summed E-state index contributed by atoms with van der Waals surface area (Å²) in [5, 5.41) is 5.10. The Labute approximate surface area is 178 Å². The third kappa shape index (κ3) is 6.09. The number of methoxy groups -OCH3 is 1. The zero-order valence-corrected chi connectivity index (χ0v) is 17.7. The van der Waals surface area contributed by atoms with E-state index in [0.717, 1.165) is 23.4 Å². The third-order valence-corrected chi connectivity index (χ3v) is 4.95. The second-order valence-electron chi connectivity index (χ2n) is 7.33. The minimum absolute atomic E-state index is 0.0826. The van der Waals surface area contributed by atoms with Crippen LogP contribution in [0.25, 0.3) is 0 Å². The Morgan fingerprint density at radius 1 is 1.00 bits per heavy atom. The molecule has 5 nitrogen and oxygen atoms in total. The number of carbonyl (C=O) groups is 1. The number of hydrogen-bond donors (Lipinski definition) is 2. The molecule has 0 heterocycles. The van der Waals surface area contributed by atoms with E-state index in [0.29, 0.717) is 17.5 Å². The number of carbonyl (C=O) groups excluding carboxylic acids is 1. The molecule has 3 N–H and O–H groups in total. The Morgan fingerprint density at radius 2 is 1.73 bits per heavy atom. The van der Waals surface area contributed by atoms with Gasteiger partial charge in [-0.2, -0.15) is 0 Å². The fourth-order valence-corrected chi connectivity index (χ4v) is 3.14. The van der Waals surface area contributed by atoms with Gasteiger partial charge in [-0.1, -0.05) is 48.0 Å². The molecule has 0 aromatic heterocycles. The maximum absolute atomic E-state index is 12.2. The van der Waals surface area contributed by atoms with Crippen LogP contribution in [0, 0.1) is 6.92 Å². The van der Waals surface area contributed by atoms with Gasteiger partial charge >= 0.3 is 0 Å². The van der Waals surface area contributed by atoms with Gasteiger partial charge in [-0.05, 0) is 44.2 Å². The van der Waals surface area contributed by atoms with Gasteiger partial charge in [-0.15, -0.1) is 0 Å². The first-order valence-corrected chi connectivity index (χ1v) is 10.1. The molecular weight excluding hydrogens is 376 g/mol. The summed E-state index contributed by atoms with van der Waals surface area (Å²) in [6.07, 6.45) is 0. The van der Waals surface area contributed by atoms with Crippen molar-refractivity contribution in [2.24, 2.45) is 0 Å². The maximum Gasteiger partial charge on any atom is 0.262 e. The molecule has 0 unspecified atom stereocenters. The van der Waals surface area contributed by atoms with Crippen LogP contribution in [0.15, 0.2) is 72.8 Å². The molecule has 0 saturated heterocycles. The molecule has 0 fully saturated rings. The van der Waals surface area contributed by atoms with Crippen molar-refractivity contribution < 1.29 is 19.6 Å². The number of nitrogens with two attached hydrogens (primary N) is 1. The average molecular weight is 406 g/mol. The standard InChI is InChI=1S/C25H28N2O3/c1-18-9-12-22(13-10-18)27-25(28)17-30-23-14-11-20(15-24(23)29-3)16-26-19(2)21-7-5-4-6-8-21/h4-15,19,26H,16-17H2,1-3H3,(H,27,28)/p+1/t19-/m0/s1. The van der Waals surface area contributed by atoms with Crippen molar-refractivity contribution in [3.8, 4) is 11.5 Å². The molecule has 3 aromatic carbocycles. The highest BCUT2D eigenvalue weighted by Gasteiger charge is 2.12. The number of rotatable bonds is 9. The Kier molecular flexibility index (Phi) is 7.46. The summed E-state index contributed by atoms with van der Waals surface area (Å²) in [5.74, 6) is 0.961. The first kappa shape index (κ1) is 21.4. The Morgan fingerprint density at radius 3 is 2.43 bits per heavy atom. The molecular formula is C25H29N2O3+. The third-order valence-electron chi connectivity index (χ3n) is 4.95. The monoisotopic (exact) mass is 405 g/mol. The highest BCUT2D eigenvalue weighted by Crippen LogP contribution is 2.28. The predicted octanol–water partition coefficient (Wildman–Crippen LogP) is 3.85. The number of amides is 1. The highest BCUT2D eigenvalue weighted by molar-refractivity contribution is 5.91. The van der Waals surface area contributed by atoms with Crippen LogP contribution in [0.5, 0.6) is 11.5 Å². The Balaban J connectivity index is 1.54. The number of hydrogen-bond acceptors (Lipinski definition) is 3. The number of ether oxygens (including phenoxy) is 2. The predicted molar refractivity (Wildman–Crippen MR) is 119 cm³/mol. The number of anilines is 1. The van der Waals surface area contributed by atoms with Crippen LogP contribution in [0.2, 0.25) is 0 Å². The van der Waals surface area contributed by atoms with E-state index in [1.807, 2.05) is 55.5 Å². The number of quaternary nitrogens is 1. The topological polar surface area (TPSA) is 64.2 Å².